The summed E-state index contributed by atoms with van der Waals surface area (Å²) in [5, 5.41) is 21.7. The SMILES string of the molecule is O=C(O)C1=CN(Cc2ccccc2)C=C(C(=O)O)C1c1ccc2ccccc2c1. The van der Waals surface area contributed by atoms with Crippen LogP contribution in [-0.2, 0) is 16.1 Å². The first kappa shape index (κ1) is 18.5. The van der Waals surface area contributed by atoms with Crippen molar-refractivity contribution in [2.24, 2.45) is 0 Å². The molecule has 0 saturated carbocycles. The fourth-order valence-corrected chi connectivity index (χ4v) is 3.70. The van der Waals surface area contributed by atoms with Gasteiger partial charge in [0.2, 0.25) is 0 Å². The highest BCUT2D eigenvalue weighted by Crippen LogP contribution is 2.37. The average Bonchev–Trinajstić information content (AvgIpc) is 2.73. The molecule has 3 aromatic rings. The number of rotatable bonds is 5. The highest BCUT2D eigenvalue weighted by Gasteiger charge is 2.34. The van der Waals surface area contributed by atoms with Gasteiger partial charge in [0.05, 0.1) is 17.1 Å². The first-order chi connectivity index (χ1) is 14.0. The van der Waals surface area contributed by atoms with E-state index in [4.69, 9.17) is 0 Å². The van der Waals surface area contributed by atoms with Crippen molar-refractivity contribution in [2.75, 3.05) is 0 Å². The molecule has 0 radical (unpaired) electrons. The fourth-order valence-electron chi connectivity index (χ4n) is 3.70. The molecule has 1 aliphatic heterocycles. The molecule has 1 heterocycles. The van der Waals surface area contributed by atoms with E-state index in [0.717, 1.165) is 16.3 Å². The number of carboxylic acids is 2. The molecule has 0 aromatic heterocycles. The number of fused-ring (bicyclic) bond motifs is 1. The van der Waals surface area contributed by atoms with Gasteiger partial charge in [-0.3, -0.25) is 0 Å². The molecule has 4 rings (SSSR count). The van der Waals surface area contributed by atoms with Crippen LogP contribution in [0.15, 0.2) is 96.3 Å². The third-order valence-corrected chi connectivity index (χ3v) is 5.04. The summed E-state index contributed by atoms with van der Waals surface area (Å²) in [7, 11) is 0. The fraction of sp³-hybridized carbons (Fsp3) is 0.0833. The maximum Gasteiger partial charge on any atom is 0.334 e. The lowest BCUT2D eigenvalue weighted by Gasteiger charge is -2.29. The van der Waals surface area contributed by atoms with Gasteiger partial charge in [-0.05, 0) is 21.9 Å². The minimum absolute atomic E-state index is 0.0381. The Morgan fingerprint density at radius 2 is 1.34 bits per heavy atom. The van der Waals surface area contributed by atoms with Crippen molar-refractivity contribution < 1.29 is 19.8 Å². The third-order valence-electron chi connectivity index (χ3n) is 5.04. The van der Waals surface area contributed by atoms with Crippen LogP contribution in [-0.4, -0.2) is 27.1 Å². The normalized spacial score (nSPS) is 14.4. The van der Waals surface area contributed by atoms with Crippen LogP contribution >= 0.6 is 0 Å². The van der Waals surface area contributed by atoms with E-state index in [1.807, 2.05) is 66.7 Å². The first-order valence-electron chi connectivity index (χ1n) is 9.21. The van der Waals surface area contributed by atoms with Crippen LogP contribution in [0, 0.1) is 0 Å². The van der Waals surface area contributed by atoms with Crippen molar-refractivity contribution in [1.82, 2.24) is 4.90 Å². The lowest BCUT2D eigenvalue weighted by molar-refractivity contribution is -0.133. The van der Waals surface area contributed by atoms with Crippen LogP contribution < -0.4 is 0 Å². The van der Waals surface area contributed by atoms with Gasteiger partial charge < -0.3 is 15.1 Å². The molecule has 144 valence electrons. The standard InChI is InChI=1S/C24H19NO4/c26-23(27)20-14-25(13-16-6-2-1-3-7-16)15-21(24(28)29)22(20)19-11-10-17-8-4-5-9-18(17)12-19/h1-12,14-15,22H,13H2,(H,26,27)(H,28,29). The predicted octanol–water partition coefficient (Wildman–Crippen LogP) is 4.38. The van der Waals surface area contributed by atoms with E-state index in [0.29, 0.717) is 12.1 Å². The lowest BCUT2D eigenvalue weighted by Crippen LogP contribution is -2.27. The second kappa shape index (κ2) is 7.64. The van der Waals surface area contributed by atoms with Crippen molar-refractivity contribution in [3.8, 4) is 0 Å². The van der Waals surface area contributed by atoms with E-state index in [9.17, 15) is 19.8 Å². The number of hydrogen-bond donors (Lipinski definition) is 2. The van der Waals surface area contributed by atoms with E-state index < -0.39 is 17.9 Å². The van der Waals surface area contributed by atoms with Gasteiger partial charge in [-0.25, -0.2) is 9.59 Å². The minimum Gasteiger partial charge on any atom is -0.478 e. The molecule has 0 bridgehead atoms. The highest BCUT2D eigenvalue weighted by molar-refractivity contribution is 5.97. The van der Waals surface area contributed by atoms with E-state index in [1.165, 1.54) is 12.4 Å². The van der Waals surface area contributed by atoms with Gasteiger partial charge in [-0.2, -0.15) is 0 Å². The first-order valence-corrected chi connectivity index (χ1v) is 9.21. The highest BCUT2D eigenvalue weighted by atomic mass is 16.4. The Hall–Kier alpha value is -3.86. The minimum atomic E-state index is -1.13. The summed E-state index contributed by atoms with van der Waals surface area (Å²) in [5.74, 6) is -3.11. The molecule has 0 aliphatic carbocycles. The molecule has 0 unspecified atom stereocenters. The molecule has 5 nitrogen and oxygen atoms in total. The summed E-state index contributed by atoms with van der Waals surface area (Å²) >= 11 is 0. The molecule has 1 aliphatic rings. The number of aliphatic carboxylic acids is 2. The molecule has 0 amide bonds. The molecular formula is C24H19NO4. The number of carboxylic acid groups (broad SMARTS) is 2. The Labute approximate surface area is 167 Å². The van der Waals surface area contributed by atoms with Gasteiger partial charge in [-0.1, -0.05) is 72.8 Å². The summed E-state index contributed by atoms with van der Waals surface area (Å²) in [6, 6.07) is 22.8. The molecule has 0 saturated heterocycles. The van der Waals surface area contributed by atoms with Gasteiger partial charge in [0.15, 0.2) is 0 Å². The maximum absolute atomic E-state index is 12.1. The molecule has 5 heteroatoms. The number of benzene rings is 3. The zero-order valence-electron chi connectivity index (χ0n) is 15.5. The van der Waals surface area contributed by atoms with E-state index >= 15 is 0 Å². The van der Waals surface area contributed by atoms with Gasteiger partial charge in [0, 0.05) is 18.9 Å². The van der Waals surface area contributed by atoms with Crippen LogP contribution in [0.5, 0.6) is 0 Å². The van der Waals surface area contributed by atoms with Gasteiger partial charge in [-0.15, -0.1) is 0 Å². The summed E-state index contributed by atoms with van der Waals surface area (Å²) < 4.78 is 0. The predicted molar refractivity (Wildman–Crippen MR) is 110 cm³/mol. The van der Waals surface area contributed by atoms with Gasteiger partial charge in [0.1, 0.15) is 0 Å². The van der Waals surface area contributed by atoms with Crippen molar-refractivity contribution in [3.05, 3.63) is 107 Å². The number of carbonyl (C=O) groups is 2. The van der Waals surface area contributed by atoms with Crippen LogP contribution in [0.4, 0.5) is 0 Å². The monoisotopic (exact) mass is 385 g/mol. The van der Waals surface area contributed by atoms with Gasteiger partial charge >= 0.3 is 11.9 Å². The largest absolute Gasteiger partial charge is 0.478 e. The Morgan fingerprint density at radius 3 is 1.97 bits per heavy atom. The Bertz CT molecular complexity index is 1120. The topological polar surface area (TPSA) is 77.8 Å². The van der Waals surface area contributed by atoms with E-state index in [1.54, 1.807) is 11.0 Å². The smallest absolute Gasteiger partial charge is 0.334 e. The van der Waals surface area contributed by atoms with Crippen molar-refractivity contribution in [3.63, 3.8) is 0 Å². The van der Waals surface area contributed by atoms with Gasteiger partial charge in [0.25, 0.3) is 0 Å². The Balaban J connectivity index is 1.79. The number of hydrogen-bond acceptors (Lipinski definition) is 3. The zero-order chi connectivity index (χ0) is 20.4. The molecule has 0 spiro atoms. The summed E-state index contributed by atoms with van der Waals surface area (Å²) in [6.45, 7) is 0.388. The molecular weight excluding hydrogens is 366 g/mol. The zero-order valence-corrected chi connectivity index (χ0v) is 15.5. The second-order valence-electron chi connectivity index (χ2n) is 6.98. The lowest BCUT2D eigenvalue weighted by atomic mass is 9.82. The van der Waals surface area contributed by atoms with Crippen molar-refractivity contribution in [2.45, 2.75) is 12.5 Å². The van der Waals surface area contributed by atoms with E-state index in [2.05, 4.69) is 0 Å². The van der Waals surface area contributed by atoms with E-state index in [-0.39, 0.29) is 11.1 Å². The Kier molecular flexibility index (Phi) is 4.87. The number of nitrogens with zero attached hydrogens (tertiary/aromatic N) is 1. The molecule has 2 N–H and O–H groups in total. The average molecular weight is 385 g/mol. The molecule has 29 heavy (non-hydrogen) atoms. The summed E-state index contributed by atoms with van der Waals surface area (Å²) in [6.07, 6.45) is 3.06. The second-order valence-corrected chi connectivity index (χ2v) is 6.98. The van der Waals surface area contributed by atoms with Crippen LogP contribution in [0.3, 0.4) is 0 Å². The van der Waals surface area contributed by atoms with Crippen LogP contribution in [0.1, 0.15) is 17.0 Å². The molecule has 0 atom stereocenters. The summed E-state index contributed by atoms with van der Waals surface area (Å²) in [5.41, 5.74) is 1.68. The molecule has 3 aromatic carbocycles. The van der Waals surface area contributed by atoms with Crippen molar-refractivity contribution in [1.29, 1.82) is 0 Å². The van der Waals surface area contributed by atoms with Crippen molar-refractivity contribution >= 4 is 22.7 Å². The quantitative estimate of drug-likeness (QED) is 0.682. The van der Waals surface area contributed by atoms with Crippen LogP contribution in [0.25, 0.3) is 10.8 Å². The third kappa shape index (κ3) is 3.75. The Morgan fingerprint density at radius 1 is 0.759 bits per heavy atom. The van der Waals surface area contributed by atoms with Crippen LogP contribution in [0.2, 0.25) is 0 Å². The molecule has 0 fully saturated rings. The summed E-state index contributed by atoms with van der Waals surface area (Å²) in [4.78, 5) is 25.7. The maximum atomic E-state index is 12.1.